The highest BCUT2D eigenvalue weighted by Gasteiger charge is 2.38. The fourth-order valence-electron chi connectivity index (χ4n) is 2.90. The number of hydrogen-bond acceptors (Lipinski definition) is 5. The summed E-state index contributed by atoms with van der Waals surface area (Å²) in [6, 6.07) is 8.73. The molecular formula is C22H29F3N4O4. The zero-order valence-corrected chi connectivity index (χ0v) is 18.7. The summed E-state index contributed by atoms with van der Waals surface area (Å²) >= 11 is 0. The van der Waals surface area contributed by atoms with E-state index in [1.165, 1.54) is 0 Å². The molecular weight excluding hydrogens is 441 g/mol. The molecule has 11 heteroatoms. The average Bonchev–Trinajstić information content (AvgIpc) is 2.78. The van der Waals surface area contributed by atoms with E-state index in [2.05, 4.69) is 25.2 Å². The number of alkyl halides is 3. The minimum absolute atomic E-state index is 0.0803. The highest BCUT2D eigenvalue weighted by molar-refractivity contribution is 5.94. The van der Waals surface area contributed by atoms with E-state index in [4.69, 9.17) is 15.2 Å². The number of carboxylic acids is 1. The summed E-state index contributed by atoms with van der Waals surface area (Å²) in [5.74, 6) is -2.25. The summed E-state index contributed by atoms with van der Waals surface area (Å²) in [5, 5.41) is 19.3. The van der Waals surface area contributed by atoms with Gasteiger partial charge in [0.25, 0.3) is 5.91 Å². The molecule has 1 aromatic rings. The Labute approximate surface area is 191 Å². The van der Waals surface area contributed by atoms with Gasteiger partial charge in [-0.1, -0.05) is 13.8 Å². The Balaban J connectivity index is 0.000000675. The molecule has 2 amide bonds. The molecule has 1 aliphatic heterocycles. The number of hydrogen-bond donors (Lipinski definition) is 2. The number of nitrogens with one attached hydrogen (secondary N) is 1. The summed E-state index contributed by atoms with van der Waals surface area (Å²) in [6.07, 6.45) is -3.84. The lowest BCUT2D eigenvalue weighted by Crippen LogP contribution is -2.47. The molecule has 0 unspecified atom stereocenters. The third kappa shape index (κ3) is 10.4. The van der Waals surface area contributed by atoms with Crippen molar-refractivity contribution in [1.29, 1.82) is 5.26 Å². The molecule has 8 nitrogen and oxygen atoms in total. The van der Waals surface area contributed by atoms with E-state index in [1.54, 1.807) is 29.2 Å². The number of benzene rings is 1. The van der Waals surface area contributed by atoms with Gasteiger partial charge in [0.05, 0.1) is 11.6 Å². The fourth-order valence-corrected chi connectivity index (χ4v) is 2.90. The molecule has 1 heterocycles. The molecule has 1 fully saturated rings. The van der Waals surface area contributed by atoms with Gasteiger partial charge in [0.15, 0.2) is 0 Å². The molecule has 0 radical (unpaired) electrons. The quantitative estimate of drug-likeness (QED) is 0.633. The van der Waals surface area contributed by atoms with Crippen LogP contribution in [0.4, 0.5) is 13.2 Å². The van der Waals surface area contributed by atoms with Gasteiger partial charge >= 0.3 is 12.1 Å². The number of piperazine rings is 1. The number of carbonyl (C=O) groups excluding carboxylic acids is 2. The van der Waals surface area contributed by atoms with Crippen LogP contribution in [0.15, 0.2) is 24.3 Å². The number of rotatable bonds is 7. The van der Waals surface area contributed by atoms with E-state index in [-0.39, 0.29) is 11.8 Å². The number of carbonyl (C=O) groups is 3. The molecule has 182 valence electrons. The first-order valence-electron chi connectivity index (χ1n) is 10.5. The molecule has 1 aliphatic rings. The first-order valence-corrected chi connectivity index (χ1v) is 10.5. The zero-order chi connectivity index (χ0) is 25.0. The van der Waals surface area contributed by atoms with Crippen LogP contribution >= 0.6 is 0 Å². The second-order valence-electron chi connectivity index (χ2n) is 7.85. The first-order chi connectivity index (χ1) is 15.5. The summed E-state index contributed by atoms with van der Waals surface area (Å²) in [5.41, 5.74) is 1.09. The van der Waals surface area contributed by atoms with Gasteiger partial charge in [-0.05, 0) is 36.6 Å². The van der Waals surface area contributed by atoms with Crippen molar-refractivity contribution in [3.63, 3.8) is 0 Å². The van der Waals surface area contributed by atoms with Crippen molar-refractivity contribution in [3.05, 3.63) is 35.4 Å². The Morgan fingerprint density at radius 2 is 1.70 bits per heavy atom. The maximum Gasteiger partial charge on any atom is 0.490 e. The number of carboxylic acid groups (broad SMARTS) is 1. The second kappa shape index (κ2) is 13.4. The van der Waals surface area contributed by atoms with Gasteiger partial charge in [-0.15, -0.1) is 0 Å². The average molecular weight is 470 g/mol. The van der Waals surface area contributed by atoms with Crippen molar-refractivity contribution in [2.45, 2.75) is 32.9 Å². The molecule has 1 aromatic carbocycles. The van der Waals surface area contributed by atoms with E-state index >= 15 is 0 Å². The number of amides is 2. The third-order valence-electron chi connectivity index (χ3n) is 4.83. The highest BCUT2D eigenvalue weighted by Crippen LogP contribution is 2.13. The predicted octanol–water partition coefficient (Wildman–Crippen LogP) is 2.50. The molecule has 0 aromatic heterocycles. The van der Waals surface area contributed by atoms with Crippen LogP contribution in [0, 0.1) is 17.2 Å². The topological polar surface area (TPSA) is 114 Å². The standard InChI is InChI=1S/C20H28N4O2.C2HF3O2/c1-16(2)7-11-24(12-8-19(25)23-13-9-22-10-14-23)20(26)18-5-3-17(15-21)4-6-18;3-2(4,5)1(6)7/h3-6,16,22H,7-14H2,1-2H3;(H,6,7). The minimum Gasteiger partial charge on any atom is -0.475 e. The van der Waals surface area contributed by atoms with Gasteiger partial charge < -0.3 is 20.2 Å². The summed E-state index contributed by atoms with van der Waals surface area (Å²) < 4.78 is 31.7. The molecule has 2 rings (SSSR count). The van der Waals surface area contributed by atoms with E-state index in [0.717, 1.165) is 32.6 Å². The van der Waals surface area contributed by atoms with Crippen LogP contribution in [-0.4, -0.2) is 78.1 Å². The Kier molecular flexibility index (Phi) is 11.4. The number of halogens is 3. The van der Waals surface area contributed by atoms with E-state index in [0.29, 0.717) is 36.6 Å². The van der Waals surface area contributed by atoms with Gasteiger partial charge in [-0.2, -0.15) is 18.4 Å². The first kappa shape index (κ1) is 27.9. The largest absolute Gasteiger partial charge is 0.490 e. The molecule has 2 N–H and O–H groups in total. The minimum atomic E-state index is -5.08. The number of nitrogens with zero attached hydrogens (tertiary/aromatic N) is 3. The lowest BCUT2D eigenvalue weighted by molar-refractivity contribution is -0.192. The lowest BCUT2D eigenvalue weighted by Gasteiger charge is -2.29. The van der Waals surface area contributed by atoms with Crippen molar-refractivity contribution in [2.75, 3.05) is 39.3 Å². The Hall–Kier alpha value is -3.13. The predicted molar refractivity (Wildman–Crippen MR) is 114 cm³/mol. The third-order valence-corrected chi connectivity index (χ3v) is 4.83. The molecule has 33 heavy (non-hydrogen) atoms. The van der Waals surface area contributed by atoms with Crippen molar-refractivity contribution in [1.82, 2.24) is 15.1 Å². The van der Waals surface area contributed by atoms with Crippen LogP contribution in [0.5, 0.6) is 0 Å². The molecule has 0 aliphatic carbocycles. The van der Waals surface area contributed by atoms with Crippen molar-refractivity contribution < 1.29 is 32.7 Å². The SMILES string of the molecule is CC(C)CCN(CCC(=O)N1CCNCC1)C(=O)c1ccc(C#N)cc1.O=C(O)C(F)(F)F. The molecule has 1 saturated heterocycles. The van der Waals surface area contributed by atoms with Gasteiger partial charge in [0, 0.05) is 51.3 Å². The lowest BCUT2D eigenvalue weighted by atomic mass is 10.1. The maximum atomic E-state index is 12.9. The van der Waals surface area contributed by atoms with Crippen LogP contribution < -0.4 is 5.32 Å². The van der Waals surface area contributed by atoms with Crippen LogP contribution in [0.3, 0.4) is 0 Å². The second-order valence-corrected chi connectivity index (χ2v) is 7.85. The van der Waals surface area contributed by atoms with Crippen LogP contribution in [0.2, 0.25) is 0 Å². The molecule has 0 saturated carbocycles. The van der Waals surface area contributed by atoms with E-state index in [9.17, 15) is 22.8 Å². The normalized spacial score (nSPS) is 13.5. The number of aliphatic carboxylic acids is 1. The van der Waals surface area contributed by atoms with Crippen molar-refractivity contribution in [3.8, 4) is 6.07 Å². The van der Waals surface area contributed by atoms with Crippen molar-refractivity contribution >= 4 is 17.8 Å². The highest BCUT2D eigenvalue weighted by atomic mass is 19.4. The summed E-state index contributed by atoms with van der Waals surface area (Å²) in [4.78, 5) is 37.8. The monoisotopic (exact) mass is 470 g/mol. The van der Waals surface area contributed by atoms with Gasteiger partial charge in [-0.25, -0.2) is 4.79 Å². The molecule has 0 atom stereocenters. The zero-order valence-electron chi connectivity index (χ0n) is 18.7. The smallest absolute Gasteiger partial charge is 0.475 e. The summed E-state index contributed by atoms with van der Waals surface area (Å²) in [7, 11) is 0. The van der Waals surface area contributed by atoms with Gasteiger partial charge in [-0.3, -0.25) is 9.59 Å². The Bertz CT molecular complexity index is 830. The number of nitriles is 1. The van der Waals surface area contributed by atoms with Gasteiger partial charge in [0.2, 0.25) is 5.91 Å². The Morgan fingerprint density at radius 3 is 2.15 bits per heavy atom. The van der Waals surface area contributed by atoms with Crippen LogP contribution in [0.1, 0.15) is 42.6 Å². The fraction of sp³-hybridized carbons (Fsp3) is 0.545. The van der Waals surface area contributed by atoms with Crippen LogP contribution in [-0.2, 0) is 9.59 Å². The maximum absolute atomic E-state index is 12.9. The Morgan fingerprint density at radius 1 is 1.15 bits per heavy atom. The van der Waals surface area contributed by atoms with E-state index < -0.39 is 12.1 Å². The van der Waals surface area contributed by atoms with E-state index in [1.807, 2.05) is 4.90 Å². The van der Waals surface area contributed by atoms with Gasteiger partial charge in [0.1, 0.15) is 0 Å². The van der Waals surface area contributed by atoms with Crippen molar-refractivity contribution in [2.24, 2.45) is 5.92 Å². The van der Waals surface area contributed by atoms with Crippen LogP contribution in [0.25, 0.3) is 0 Å². The molecule has 0 bridgehead atoms. The summed E-state index contributed by atoms with van der Waals surface area (Å²) in [6.45, 7) is 8.41. The molecule has 0 spiro atoms.